The third-order valence-electron chi connectivity index (χ3n) is 8.41. The van der Waals surface area contributed by atoms with E-state index in [2.05, 4.69) is 22.1 Å². The van der Waals surface area contributed by atoms with E-state index in [1.807, 2.05) is 49.6 Å². The fourth-order valence-electron chi connectivity index (χ4n) is 6.15. The van der Waals surface area contributed by atoms with Crippen molar-refractivity contribution in [2.24, 2.45) is 0 Å². The number of carbonyl (C=O) groups excluding carboxylic acids is 2. The van der Waals surface area contributed by atoms with Crippen molar-refractivity contribution in [2.75, 3.05) is 26.2 Å². The third kappa shape index (κ3) is 6.12. The highest BCUT2D eigenvalue weighted by molar-refractivity contribution is 5.96. The molecule has 3 amide bonds. The maximum Gasteiger partial charge on any atom is 0.321 e. The molecule has 9 heteroatoms. The molecule has 1 N–H and O–H groups in total. The van der Waals surface area contributed by atoms with Crippen LogP contribution in [0, 0.1) is 37.9 Å². The van der Waals surface area contributed by atoms with Gasteiger partial charge >= 0.3 is 6.03 Å². The van der Waals surface area contributed by atoms with E-state index in [-0.39, 0.29) is 41.9 Å². The summed E-state index contributed by atoms with van der Waals surface area (Å²) in [5, 5.41) is 12.1. The second-order valence-corrected chi connectivity index (χ2v) is 11.5. The van der Waals surface area contributed by atoms with Crippen molar-refractivity contribution in [3.63, 3.8) is 0 Å². The number of hydrogen-bond donors (Lipinski definition) is 1. The number of hydrogen-bond acceptors (Lipinski definition) is 5. The summed E-state index contributed by atoms with van der Waals surface area (Å²) in [7, 11) is 0. The molecule has 1 aromatic carbocycles. The number of carbonyl (C=O) groups is 2. The predicted molar refractivity (Wildman–Crippen MR) is 152 cm³/mol. The van der Waals surface area contributed by atoms with Crippen LogP contribution < -0.4 is 5.32 Å². The summed E-state index contributed by atoms with van der Waals surface area (Å²) in [5.41, 5.74) is 3.73. The largest absolute Gasteiger partial charge is 0.352 e. The zero-order valence-electron chi connectivity index (χ0n) is 24.5. The molecule has 0 saturated carbocycles. The van der Waals surface area contributed by atoms with E-state index < -0.39 is 0 Å². The lowest BCUT2D eigenvalue weighted by Gasteiger charge is -2.41. The van der Waals surface area contributed by atoms with Crippen LogP contribution in [-0.2, 0) is 0 Å². The fraction of sp³-hybridized carbons (Fsp3) is 0.548. The number of likely N-dealkylation sites (tertiary alicyclic amines) is 1. The van der Waals surface area contributed by atoms with Gasteiger partial charge in [-0.2, -0.15) is 5.26 Å². The number of aryl methyl sites for hydroxylation is 3. The quantitative estimate of drug-likeness (QED) is 0.508. The molecule has 2 unspecified atom stereocenters. The molecule has 0 spiro atoms. The van der Waals surface area contributed by atoms with E-state index in [0.717, 1.165) is 43.5 Å². The zero-order chi connectivity index (χ0) is 29.1. The first kappa shape index (κ1) is 29.5. The average Bonchev–Trinajstić information content (AvgIpc) is 3.26. The monoisotopic (exact) mass is 548 g/mol. The number of nitriles is 1. The molecule has 4 rings (SSSR count). The minimum absolute atomic E-state index is 0.00186. The molecule has 1 aromatic heterocycles. The molecule has 2 atom stereocenters. The minimum Gasteiger partial charge on any atom is -0.352 e. The summed E-state index contributed by atoms with van der Waals surface area (Å²) < 4.78 is 14.9. The molecule has 2 aliphatic heterocycles. The zero-order valence-corrected chi connectivity index (χ0v) is 24.5. The number of pyridine rings is 1. The second-order valence-electron chi connectivity index (χ2n) is 11.5. The van der Waals surface area contributed by atoms with Crippen LogP contribution in [0.2, 0.25) is 0 Å². The molecule has 3 heterocycles. The summed E-state index contributed by atoms with van der Waals surface area (Å²) in [5.74, 6) is -0.427. The van der Waals surface area contributed by atoms with Crippen LogP contribution in [0.3, 0.4) is 0 Å². The standard InChI is InChI=1S/C31H41FN6O2/c1-19(2)37-18-28(26-15-20(3)7-8-27(26)32)38(31(37)40)25-10-13-36(14-11-25)22(5)9-12-34-30(39)29-21(4)16-24(17-33)35-23(29)6/h7-8,15-16,19,22,25,28H,9-14,18H2,1-6H3,(H,34,39). The van der Waals surface area contributed by atoms with E-state index in [1.54, 1.807) is 19.1 Å². The van der Waals surface area contributed by atoms with E-state index >= 15 is 0 Å². The van der Waals surface area contributed by atoms with Gasteiger partial charge in [0, 0.05) is 49.9 Å². The topological polar surface area (TPSA) is 92.6 Å². The molecule has 8 nitrogen and oxygen atoms in total. The van der Waals surface area contributed by atoms with Crippen molar-refractivity contribution in [3.05, 3.63) is 63.7 Å². The highest BCUT2D eigenvalue weighted by Gasteiger charge is 2.44. The van der Waals surface area contributed by atoms with Crippen LogP contribution >= 0.6 is 0 Å². The first-order chi connectivity index (χ1) is 19.0. The van der Waals surface area contributed by atoms with Gasteiger partial charge in [-0.25, -0.2) is 14.2 Å². The number of aromatic nitrogens is 1. The number of nitrogens with one attached hydrogen (secondary N) is 1. The minimum atomic E-state index is -0.289. The van der Waals surface area contributed by atoms with Crippen molar-refractivity contribution >= 4 is 11.9 Å². The summed E-state index contributed by atoms with van der Waals surface area (Å²) in [6.07, 6.45) is 2.44. The number of nitrogens with zero attached hydrogens (tertiary/aromatic N) is 5. The summed E-state index contributed by atoms with van der Waals surface area (Å²) in [6, 6.07) is 8.90. The van der Waals surface area contributed by atoms with Gasteiger partial charge in [-0.1, -0.05) is 17.7 Å². The number of urea groups is 1. The number of piperidine rings is 1. The van der Waals surface area contributed by atoms with Crippen molar-refractivity contribution in [2.45, 2.75) is 85.0 Å². The SMILES string of the molecule is Cc1ccc(F)c(C2CN(C(C)C)C(=O)N2C2CCN(C(C)CCNC(=O)c3c(C)cc(C#N)nc3C)CC2)c1. The molecular weight excluding hydrogens is 507 g/mol. The van der Waals surface area contributed by atoms with Gasteiger partial charge in [0.2, 0.25) is 0 Å². The molecule has 40 heavy (non-hydrogen) atoms. The summed E-state index contributed by atoms with van der Waals surface area (Å²) >= 11 is 0. The Labute approximate surface area is 237 Å². The smallest absolute Gasteiger partial charge is 0.321 e. The van der Waals surface area contributed by atoms with E-state index in [1.165, 1.54) is 6.07 Å². The van der Waals surface area contributed by atoms with Crippen molar-refractivity contribution in [1.82, 2.24) is 25.0 Å². The second kappa shape index (κ2) is 12.3. The van der Waals surface area contributed by atoms with Crippen LogP contribution in [0.25, 0.3) is 0 Å². The Bertz CT molecular complexity index is 1270. The van der Waals surface area contributed by atoms with Gasteiger partial charge in [0.25, 0.3) is 5.91 Å². The molecular formula is C31H41FN6O2. The van der Waals surface area contributed by atoms with Gasteiger partial charge in [0.1, 0.15) is 17.6 Å². The summed E-state index contributed by atoms with van der Waals surface area (Å²) in [6.45, 7) is 14.4. The number of amides is 3. The Morgan fingerprint density at radius 3 is 2.50 bits per heavy atom. The van der Waals surface area contributed by atoms with Crippen molar-refractivity contribution in [1.29, 1.82) is 5.26 Å². The molecule has 0 aliphatic carbocycles. The predicted octanol–water partition coefficient (Wildman–Crippen LogP) is 4.88. The molecule has 2 fully saturated rings. The van der Waals surface area contributed by atoms with Gasteiger partial charge in [0.05, 0.1) is 17.3 Å². The number of benzene rings is 1. The van der Waals surface area contributed by atoms with E-state index in [9.17, 15) is 14.0 Å². The van der Waals surface area contributed by atoms with Gasteiger partial charge in [0.15, 0.2) is 0 Å². The third-order valence-corrected chi connectivity index (χ3v) is 8.41. The molecule has 214 valence electrons. The van der Waals surface area contributed by atoms with Gasteiger partial charge in [-0.3, -0.25) is 4.79 Å². The Hall–Kier alpha value is -3.51. The van der Waals surface area contributed by atoms with Gasteiger partial charge in [-0.15, -0.1) is 0 Å². The first-order valence-electron chi connectivity index (χ1n) is 14.3. The molecule has 2 saturated heterocycles. The van der Waals surface area contributed by atoms with Crippen LogP contribution in [0.1, 0.15) is 84.5 Å². The maximum atomic E-state index is 14.9. The van der Waals surface area contributed by atoms with Gasteiger partial charge < -0.3 is 20.0 Å². The Morgan fingerprint density at radius 2 is 1.88 bits per heavy atom. The van der Waals surface area contributed by atoms with Gasteiger partial charge in [-0.05, 0) is 78.5 Å². The lowest BCUT2D eigenvalue weighted by atomic mass is 9.97. The van der Waals surface area contributed by atoms with Crippen LogP contribution in [0.15, 0.2) is 24.3 Å². The lowest BCUT2D eigenvalue weighted by molar-refractivity contribution is 0.0880. The highest BCUT2D eigenvalue weighted by Crippen LogP contribution is 2.37. The van der Waals surface area contributed by atoms with Crippen LogP contribution in [0.5, 0.6) is 0 Å². The first-order valence-corrected chi connectivity index (χ1v) is 14.3. The Morgan fingerprint density at radius 1 is 1.18 bits per heavy atom. The number of halogens is 1. The van der Waals surface area contributed by atoms with Crippen LogP contribution in [0.4, 0.5) is 9.18 Å². The molecule has 0 radical (unpaired) electrons. The van der Waals surface area contributed by atoms with Crippen molar-refractivity contribution < 1.29 is 14.0 Å². The molecule has 2 aliphatic rings. The Balaban J connectivity index is 1.35. The van der Waals surface area contributed by atoms with Crippen LogP contribution in [-0.4, -0.2) is 75.9 Å². The lowest BCUT2D eigenvalue weighted by Crippen LogP contribution is -2.50. The highest BCUT2D eigenvalue weighted by atomic mass is 19.1. The molecule has 0 bridgehead atoms. The summed E-state index contributed by atoms with van der Waals surface area (Å²) in [4.78, 5) is 36.7. The average molecular weight is 549 g/mol. The fourth-order valence-corrected chi connectivity index (χ4v) is 6.15. The van der Waals surface area contributed by atoms with Crippen molar-refractivity contribution in [3.8, 4) is 6.07 Å². The number of rotatable bonds is 8. The normalized spacial score (nSPS) is 19.3. The van der Waals surface area contributed by atoms with E-state index in [4.69, 9.17) is 5.26 Å². The van der Waals surface area contributed by atoms with E-state index in [0.29, 0.717) is 35.6 Å². The maximum absolute atomic E-state index is 14.9. The Kier molecular flexibility index (Phi) is 9.09. The molecule has 2 aromatic rings.